The van der Waals surface area contributed by atoms with Crippen molar-refractivity contribution in [3.05, 3.63) is 0 Å². The third kappa shape index (κ3) is 5.43. The van der Waals surface area contributed by atoms with E-state index in [4.69, 9.17) is 10.9 Å². The van der Waals surface area contributed by atoms with Crippen LogP contribution in [0.2, 0.25) is 0 Å². The Hall–Kier alpha value is -1.46. The molecular formula is C10H22N4O2. The Morgan fingerprint density at radius 2 is 1.88 bits per heavy atom. The first-order valence-electron chi connectivity index (χ1n) is 5.23. The summed E-state index contributed by atoms with van der Waals surface area (Å²) in [6.07, 6.45) is 0. The number of carbonyl (C=O) groups excluding carboxylic acids is 1. The summed E-state index contributed by atoms with van der Waals surface area (Å²) >= 11 is 0. The molecule has 0 saturated carbocycles. The molecule has 0 radical (unpaired) electrons. The Kier molecular flexibility index (Phi) is 5.07. The minimum Gasteiger partial charge on any atom is -0.409 e. The largest absolute Gasteiger partial charge is 0.409 e. The van der Waals surface area contributed by atoms with Crippen LogP contribution in [0.25, 0.3) is 0 Å². The highest BCUT2D eigenvalue weighted by Crippen LogP contribution is 2.03. The van der Waals surface area contributed by atoms with E-state index in [2.05, 4.69) is 15.8 Å². The molecule has 0 spiro atoms. The molecule has 0 aliphatic heterocycles. The van der Waals surface area contributed by atoms with Gasteiger partial charge in [-0.15, -0.1) is 0 Å². The van der Waals surface area contributed by atoms with E-state index >= 15 is 0 Å². The molecule has 6 nitrogen and oxygen atoms in total. The zero-order chi connectivity index (χ0) is 12.9. The van der Waals surface area contributed by atoms with Gasteiger partial charge >= 0.3 is 6.03 Å². The molecular weight excluding hydrogens is 208 g/mol. The summed E-state index contributed by atoms with van der Waals surface area (Å²) in [5.41, 5.74) is 5.17. The van der Waals surface area contributed by atoms with Crippen molar-refractivity contribution in [2.45, 2.75) is 46.2 Å². The Labute approximate surface area is 96.3 Å². The summed E-state index contributed by atoms with van der Waals surface area (Å²) in [6.45, 7) is 9.38. The Morgan fingerprint density at radius 3 is 2.19 bits per heavy atom. The molecule has 0 aromatic rings. The van der Waals surface area contributed by atoms with Gasteiger partial charge in [-0.1, -0.05) is 19.0 Å². The number of nitrogens with one attached hydrogen (secondary N) is 2. The molecule has 0 aromatic heterocycles. The van der Waals surface area contributed by atoms with Gasteiger partial charge in [0.05, 0.1) is 6.04 Å². The van der Waals surface area contributed by atoms with Crippen LogP contribution in [-0.2, 0) is 0 Å². The summed E-state index contributed by atoms with van der Waals surface area (Å²) in [4.78, 5) is 11.6. The SMILES string of the molecule is CC(C)C(NC(=O)NC(C)(C)C)C(N)=NO. The third-order valence-corrected chi connectivity index (χ3v) is 1.88. The van der Waals surface area contributed by atoms with Crippen molar-refractivity contribution in [2.24, 2.45) is 16.8 Å². The van der Waals surface area contributed by atoms with E-state index in [9.17, 15) is 4.79 Å². The Balaban J connectivity index is 4.48. The van der Waals surface area contributed by atoms with E-state index in [0.29, 0.717) is 0 Å². The lowest BCUT2D eigenvalue weighted by molar-refractivity contribution is 0.227. The maximum absolute atomic E-state index is 11.6. The first-order chi connectivity index (χ1) is 7.17. The number of nitrogens with two attached hydrogens (primary N) is 1. The van der Waals surface area contributed by atoms with Crippen LogP contribution in [0.3, 0.4) is 0 Å². The number of carbonyl (C=O) groups is 1. The number of oxime groups is 1. The average molecular weight is 230 g/mol. The average Bonchev–Trinajstić information content (AvgIpc) is 2.09. The molecule has 0 aliphatic rings. The van der Waals surface area contributed by atoms with Crippen LogP contribution in [0.15, 0.2) is 5.16 Å². The highest BCUT2D eigenvalue weighted by Gasteiger charge is 2.22. The normalized spacial score (nSPS) is 14.8. The molecule has 0 fully saturated rings. The van der Waals surface area contributed by atoms with E-state index in [1.54, 1.807) is 0 Å². The molecule has 0 rings (SSSR count). The van der Waals surface area contributed by atoms with Gasteiger partial charge in [0, 0.05) is 5.54 Å². The summed E-state index contributed by atoms with van der Waals surface area (Å²) in [5, 5.41) is 16.9. The van der Waals surface area contributed by atoms with Gasteiger partial charge in [0.25, 0.3) is 0 Å². The molecule has 5 N–H and O–H groups in total. The lowest BCUT2D eigenvalue weighted by atomic mass is 10.0. The second-order valence-corrected chi connectivity index (χ2v) is 5.10. The van der Waals surface area contributed by atoms with Crippen LogP contribution < -0.4 is 16.4 Å². The van der Waals surface area contributed by atoms with Crippen LogP contribution in [0.4, 0.5) is 4.79 Å². The fraction of sp³-hybridized carbons (Fsp3) is 0.800. The molecule has 1 atom stereocenters. The fourth-order valence-electron chi connectivity index (χ4n) is 1.16. The molecule has 1 unspecified atom stereocenters. The number of amidine groups is 1. The first-order valence-corrected chi connectivity index (χ1v) is 5.23. The maximum atomic E-state index is 11.6. The van der Waals surface area contributed by atoms with Crippen molar-refractivity contribution in [2.75, 3.05) is 0 Å². The van der Waals surface area contributed by atoms with E-state index in [1.807, 2.05) is 34.6 Å². The summed E-state index contributed by atoms with van der Waals surface area (Å²) in [6, 6.07) is -0.815. The van der Waals surface area contributed by atoms with Gasteiger partial charge in [0.1, 0.15) is 0 Å². The maximum Gasteiger partial charge on any atom is 0.315 e. The minimum absolute atomic E-state index is 0.000871. The predicted octanol–water partition coefficient (Wildman–Crippen LogP) is 0.855. The number of rotatable bonds is 3. The van der Waals surface area contributed by atoms with Gasteiger partial charge in [0.2, 0.25) is 0 Å². The van der Waals surface area contributed by atoms with Crippen molar-refractivity contribution in [1.82, 2.24) is 10.6 Å². The third-order valence-electron chi connectivity index (χ3n) is 1.88. The zero-order valence-electron chi connectivity index (χ0n) is 10.5. The first kappa shape index (κ1) is 14.5. The molecule has 6 heteroatoms. The number of amides is 2. The van der Waals surface area contributed by atoms with Crippen molar-refractivity contribution < 1.29 is 10.0 Å². The molecule has 0 bridgehead atoms. The standard InChI is InChI=1S/C10H22N4O2/c1-6(2)7(8(11)14-16)12-9(15)13-10(3,4)5/h6-7,16H,1-5H3,(H2,11,14)(H2,12,13,15). The second-order valence-electron chi connectivity index (χ2n) is 5.10. The summed E-state index contributed by atoms with van der Waals surface area (Å²) < 4.78 is 0. The number of urea groups is 1. The van der Waals surface area contributed by atoms with Crippen LogP contribution >= 0.6 is 0 Å². The van der Waals surface area contributed by atoms with E-state index < -0.39 is 6.04 Å². The predicted molar refractivity (Wildman–Crippen MR) is 63.5 cm³/mol. The van der Waals surface area contributed by atoms with Crippen molar-refractivity contribution >= 4 is 11.9 Å². The molecule has 0 aromatic carbocycles. The van der Waals surface area contributed by atoms with Crippen LogP contribution in [0, 0.1) is 5.92 Å². The monoisotopic (exact) mass is 230 g/mol. The minimum atomic E-state index is -0.479. The summed E-state index contributed by atoms with van der Waals surface area (Å²) in [7, 11) is 0. The van der Waals surface area contributed by atoms with Crippen molar-refractivity contribution in [3.63, 3.8) is 0 Å². The lowest BCUT2D eigenvalue weighted by Crippen LogP contribution is -2.54. The number of nitrogens with zero attached hydrogens (tertiary/aromatic N) is 1. The molecule has 0 heterocycles. The fourth-order valence-corrected chi connectivity index (χ4v) is 1.16. The van der Waals surface area contributed by atoms with Crippen LogP contribution in [-0.4, -0.2) is 28.7 Å². The molecule has 0 aliphatic carbocycles. The molecule has 94 valence electrons. The molecule has 0 saturated heterocycles. The van der Waals surface area contributed by atoms with E-state index in [1.165, 1.54) is 0 Å². The lowest BCUT2D eigenvalue weighted by Gasteiger charge is -2.25. The van der Waals surface area contributed by atoms with Crippen molar-refractivity contribution in [3.8, 4) is 0 Å². The smallest absolute Gasteiger partial charge is 0.315 e. The summed E-state index contributed by atoms with van der Waals surface area (Å²) in [5.74, 6) is 0.0423. The second kappa shape index (κ2) is 5.58. The van der Waals surface area contributed by atoms with Gasteiger partial charge in [-0.25, -0.2) is 4.79 Å². The topological polar surface area (TPSA) is 99.7 Å². The van der Waals surface area contributed by atoms with Gasteiger partial charge in [0.15, 0.2) is 5.84 Å². The highest BCUT2D eigenvalue weighted by atomic mass is 16.4. The zero-order valence-corrected chi connectivity index (χ0v) is 10.5. The van der Waals surface area contributed by atoms with Crippen molar-refractivity contribution in [1.29, 1.82) is 0 Å². The number of hydrogen-bond acceptors (Lipinski definition) is 3. The molecule has 2 amide bonds. The number of hydrogen-bond donors (Lipinski definition) is 4. The quantitative estimate of drug-likeness (QED) is 0.250. The highest BCUT2D eigenvalue weighted by molar-refractivity contribution is 5.89. The van der Waals surface area contributed by atoms with Gasteiger partial charge in [-0.2, -0.15) is 0 Å². The van der Waals surface area contributed by atoms with E-state index in [-0.39, 0.29) is 23.3 Å². The molecule has 16 heavy (non-hydrogen) atoms. The van der Waals surface area contributed by atoms with Crippen LogP contribution in [0.5, 0.6) is 0 Å². The Bertz CT molecular complexity index is 268. The van der Waals surface area contributed by atoms with Gasteiger partial charge in [-0.3, -0.25) is 0 Å². The Morgan fingerprint density at radius 1 is 1.38 bits per heavy atom. The van der Waals surface area contributed by atoms with Gasteiger partial charge in [-0.05, 0) is 26.7 Å². The van der Waals surface area contributed by atoms with Crippen LogP contribution in [0.1, 0.15) is 34.6 Å². The van der Waals surface area contributed by atoms with Gasteiger partial charge < -0.3 is 21.6 Å². The van der Waals surface area contributed by atoms with E-state index in [0.717, 1.165) is 0 Å².